The highest BCUT2D eigenvalue weighted by molar-refractivity contribution is 7.89. The van der Waals surface area contributed by atoms with Gasteiger partial charge >= 0.3 is 0 Å². The van der Waals surface area contributed by atoms with Gasteiger partial charge in [0.1, 0.15) is 0 Å². The van der Waals surface area contributed by atoms with Gasteiger partial charge in [0.05, 0.1) is 11.0 Å². The van der Waals surface area contributed by atoms with Crippen LogP contribution in [-0.4, -0.2) is 34.7 Å². The van der Waals surface area contributed by atoms with E-state index in [4.69, 9.17) is 4.74 Å². The van der Waals surface area contributed by atoms with Crippen LogP contribution in [0.3, 0.4) is 0 Å². The SMILES string of the molecule is CNCc1cccc(S(=O)(=O)NC2CCC(OC)C2)c1C. The average Bonchev–Trinajstić information content (AvgIpc) is 2.88. The van der Waals surface area contributed by atoms with E-state index in [1.165, 1.54) is 0 Å². The summed E-state index contributed by atoms with van der Waals surface area (Å²) < 4.78 is 33.3. The molecular formula is C15H24N2O3S. The fraction of sp³-hybridized carbons (Fsp3) is 0.600. The van der Waals surface area contributed by atoms with E-state index < -0.39 is 10.0 Å². The molecule has 0 heterocycles. The molecule has 2 atom stereocenters. The maximum absolute atomic E-state index is 12.6. The van der Waals surface area contributed by atoms with Crippen molar-refractivity contribution >= 4 is 10.0 Å². The molecular weight excluding hydrogens is 288 g/mol. The van der Waals surface area contributed by atoms with Crippen LogP contribution in [0.5, 0.6) is 0 Å². The maximum Gasteiger partial charge on any atom is 0.241 e. The van der Waals surface area contributed by atoms with E-state index in [9.17, 15) is 8.42 Å². The van der Waals surface area contributed by atoms with E-state index in [0.29, 0.717) is 11.4 Å². The fourth-order valence-corrected chi connectivity index (χ4v) is 4.45. The van der Waals surface area contributed by atoms with Gasteiger partial charge < -0.3 is 10.1 Å². The lowest BCUT2D eigenvalue weighted by molar-refractivity contribution is 0.107. The van der Waals surface area contributed by atoms with E-state index in [0.717, 1.165) is 30.4 Å². The molecule has 0 amide bonds. The highest BCUT2D eigenvalue weighted by Crippen LogP contribution is 2.25. The van der Waals surface area contributed by atoms with Crippen molar-refractivity contribution in [2.75, 3.05) is 14.2 Å². The Balaban J connectivity index is 2.18. The second-order valence-electron chi connectivity index (χ2n) is 5.56. The number of rotatable bonds is 6. The lowest BCUT2D eigenvalue weighted by Gasteiger charge is -2.16. The summed E-state index contributed by atoms with van der Waals surface area (Å²) in [5.74, 6) is 0. The number of methoxy groups -OCH3 is 1. The smallest absolute Gasteiger partial charge is 0.241 e. The molecule has 6 heteroatoms. The van der Waals surface area contributed by atoms with Gasteiger partial charge in [-0.2, -0.15) is 0 Å². The second-order valence-corrected chi connectivity index (χ2v) is 7.24. The quantitative estimate of drug-likeness (QED) is 0.836. The van der Waals surface area contributed by atoms with Gasteiger partial charge in [0.15, 0.2) is 0 Å². The first-order valence-electron chi connectivity index (χ1n) is 7.26. The molecule has 1 aliphatic rings. The Morgan fingerprint density at radius 1 is 1.33 bits per heavy atom. The first-order valence-corrected chi connectivity index (χ1v) is 8.74. The number of hydrogen-bond acceptors (Lipinski definition) is 4. The van der Waals surface area contributed by atoms with Crippen molar-refractivity contribution in [2.45, 2.75) is 49.8 Å². The summed E-state index contributed by atoms with van der Waals surface area (Å²) in [6, 6.07) is 5.37. The predicted molar refractivity (Wildman–Crippen MR) is 82.7 cm³/mol. The predicted octanol–water partition coefficient (Wildman–Crippen LogP) is 1.56. The number of benzene rings is 1. The van der Waals surface area contributed by atoms with Crippen molar-refractivity contribution < 1.29 is 13.2 Å². The van der Waals surface area contributed by atoms with Crippen molar-refractivity contribution in [2.24, 2.45) is 0 Å². The first-order chi connectivity index (χ1) is 9.97. The number of hydrogen-bond donors (Lipinski definition) is 2. The molecule has 5 nitrogen and oxygen atoms in total. The van der Waals surface area contributed by atoms with E-state index in [1.807, 2.05) is 20.0 Å². The molecule has 0 spiro atoms. The minimum Gasteiger partial charge on any atom is -0.381 e. The van der Waals surface area contributed by atoms with Crippen LogP contribution in [0.25, 0.3) is 0 Å². The molecule has 1 aromatic rings. The Morgan fingerprint density at radius 3 is 2.71 bits per heavy atom. The summed E-state index contributed by atoms with van der Waals surface area (Å²) in [5, 5.41) is 3.06. The highest BCUT2D eigenvalue weighted by atomic mass is 32.2. The summed E-state index contributed by atoms with van der Waals surface area (Å²) in [7, 11) is 0.0428. The maximum atomic E-state index is 12.6. The van der Waals surface area contributed by atoms with Crippen LogP contribution >= 0.6 is 0 Å². The Bertz CT molecular complexity index is 587. The molecule has 21 heavy (non-hydrogen) atoms. The molecule has 0 aliphatic heterocycles. The van der Waals surface area contributed by atoms with Crippen LogP contribution < -0.4 is 10.0 Å². The lowest BCUT2D eigenvalue weighted by atomic mass is 10.1. The Kier molecular flexibility index (Phi) is 5.37. The number of nitrogens with one attached hydrogen (secondary N) is 2. The van der Waals surface area contributed by atoms with Crippen LogP contribution in [-0.2, 0) is 21.3 Å². The summed E-state index contributed by atoms with van der Waals surface area (Å²) >= 11 is 0. The summed E-state index contributed by atoms with van der Waals surface area (Å²) in [5.41, 5.74) is 1.81. The van der Waals surface area contributed by atoms with Crippen LogP contribution in [0.1, 0.15) is 30.4 Å². The van der Waals surface area contributed by atoms with Gasteiger partial charge in [-0.15, -0.1) is 0 Å². The van der Waals surface area contributed by atoms with Gasteiger partial charge in [-0.05, 0) is 50.4 Å². The zero-order valence-corrected chi connectivity index (χ0v) is 13.7. The van der Waals surface area contributed by atoms with Crippen molar-refractivity contribution in [3.05, 3.63) is 29.3 Å². The summed E-state index contributed by atoms with van der Waals surface area (Å²) in [4.78, 5) is 0.371. The van der Waals surface area contributed by atoms with Gasteiger partial charge in [-0.25, -0.2) is 13.1 Å². The third-order valence-corrected chi connectivity index (χ3v) is 5.76. The Morgan fingerprint density at radius 2 is 2.10 bits per heavy atom. The molecule has 0 radical (unpaired) electrons. The van der Waals surface area contributed by atoms with Crippen LogP contribution in [0.15, 0.2) is 23.1 Å². The highest BCUT2D eigenvalue weighted by Gasteiger charge is 2.29. The van der Waals surface area contributed by atoms with Gasteiger partial charge in [0.2, 0.25) is 10.0 Å². The first kappa shape index (κ1) is 16.4. The summed E-state index contributed by atoms with van der Waals surface area (Å²) in [6.45, 7) is 2.51. The largest absolute Gasteiger partial charge is 0.381 e. The van der Waals surface area contributed by atoms with Gasteiger partial charge in [-0.1, -0.05) is 12.1 Å². The number of sulfonamides is 1. The van der Waals surface area contributed by atoms with E-state index in [-0.39, 0.29) is 12.1 Å². The van der Waals surface area contributed by atoms with Crippen molar-refractivity contribution in [1.29, 1.82) is 0 Å². The monoisotopic (exact) mass is 312 g/mol. The average molecular weight is 312 g/mol. The summed E-state index contributed by atoms with van der Waals surface area (Å²) in [6.07, 6.45) is 2.63. The molecule has 0 bridgehead atoms. The third kappa shape index (κ3) is 3.83. The van der Waals surface area contributed by atoms with Crippen LogP contribution in [0.4, 0.5) is 0 Å². The molecule has 1 aliphatic carbocycles. The number of ether oxygens (including phenoxy) is 1. The normalized spacial score (nSPS) is 22.6. The van der Waals surface area contributed by atoms with Crippen molar-refractivity contribution in [1.82, 2.24) is 10.0 Å². The van der Waals surface area contributed by atoms with Crippen LogP contribution in [0.2, 0.25) is 0 Å². The van der Waals surface area contributed by atoms with Gasteiger partial charge in [0.25, 0.3) is 0 Å². The second kappa shape index (κ2) is 6.87. The molecule has 1 saturated carbocycles. The lowest BCUT2D eigenvalue weighted by Crippen LogP contribution is -2.34. The standard InChI is InChI=1S/C15H24N2O3S/c1-11-12(10-16-2)5-4-6-15(11)21(18,19)17-13-7-8-14(9-13)20-3/h4-6,13-14,16-17H,7-10H2,1-3H3. The van der Waals surface area contributed by atoms with E-state index in [1.54, 1.807) is 19.2 Å². The van der Waals surface area contributed by atoms with Crippen molar-refractivity contribution in [3.8, 4) is 0 Å². The molecule has 1 aromatic carbocycles. The molecule has 0 aromatic heterocycles. The van der Waals surface area contributed by atoms with Gasteiger partial charge in [-0.3, -0.25) is 0 Å². The zero-order chi connectivity index (χ0) is 15.5. The Hall–Kier alpha value is -0.950. The molecule has 2 unspecified atom stereocenters. The van der Waals surface area contributed by atoms with Crippen molar-refractivity contribution in [3.63, 3.8) is 0 Å². The zero-order valence-electron chi connectivity index (χ0n) is 12.8. The molecule has 2 N–H and O–H groups in total. The third-order valence-electron chi connectivity index (χ3n) is 4.09. The molecule has 118 valence electrons. The molecule has 2 rings (SSSR count). The Labute approximate surface area is 127 Å². The topological polar surface area (TPSA) is 67.4 Å². The minimum absolute atomic E-state index is 0.0349. The fourth-order valence-electron chi connectivity index (χ4n) is 2.88. The minimum atomic E-state index is -3.48. The van der Waals surface area contributed by atoms with Crippen LogP contribution in [0, 0.1) is 6.92 Å². The van der Waals surface area contributed by atoms with E-state index >= 15 is 0 Å². The molecule has 1 fully saturated rings. The molecule has 0 saturated heterocycles. The van der Waals surface area contributed by atoms with E-state index in [2.05, 4.69) is 10.0 Å². The van der Waals surface area contributed by atoms with Gasteiger partial charge in [0, 0.05) is 19.7 Å².